The number of hydrogen-bond donors (Lipinski definition) is 0. The van der Waals surface area contributed by atoms with Gasteiger partial charge >= 0.3 is 6.18 Å². The zero-order valence-electron chi connectivity index (χ0n) is 18.9. The lowest BCUT2D eigenvalue weighted by Crippen LogP contribution is -2.37. The summed E-state index contributed by atoms with van der Waals surface area (Å²) in [7, 11) is 0. The van der Waals surface area contributed by atoms with Gasteiger partial charge in [-0.2, -0.15) is 23.4 Å². The van der Waals surface area contributed by atoms with Gasteiger partial charge in [0.2, 0.25) is 5.91 Å². The van der Waals surface area contributed by atoms with Crippen LogP contribution in [0, 0.1) is 12.7 Å². The molecule has 11 heteroatoms. The predicted octanol–water partition coefficient (Wildman–Crippen LogP) is 6.93. The lowest BCUT2D eigenvalue weighted by atomic mass is 9.99. The molecule has 0 saturated heterocycles. The third kappa shape index (κ3) is 6.82. The standard InChI is InChI=1S/C16H16ClFN4O.C8H6ClF3/c1-2-15(23)21-8-7-14(22-10-12(17)9-19-22)16(20-21)11-3-5-13(18)6-4-11;1-5-2-3-6(7(9)4-5)8(10,11)12/h3-6,9-10,14H,2,7-8H2,1H3;2-4H,1H3. The molecular weight excluding hydrogens is 507 g/mol. The molecule has 1 unspecified atom stereocenters. The van der Waals surface area contributed by atoms with Gasteiger partial charge in [0.15, 0.2) is 0 Å². The molecule has 4 rings (SSSR count). The second-order valence-electron chi connectivity index (χ2n) is 7.79. The molecule has 5 nitrogen and oxygen atoms in total. The number of hydrogen-bond acceptors (Lipinski definition) is 3. The number of carbonyl (C=O) groups is 1. The quantitative estimate of drug-likeness (QED) is 0.346. The van der Waals surface area contributed by atoms with Crippen molar-refractivity contribution < 1.29 is 22.4 Å². The number of hydrazone groups is 1. The highest BCUT2D eigenvalue weighted by Crippen LogP contribution is 2.34. The normalized spacial score (nSPS) is 15.8. The van der Waals surface area contributed by atoms with Crippen LogP contribution in [0.3, 0.4) is 0 Å². The number of aromatic nitrogens is 2. The molecule has 1 aliphatic rings. The second-order valence-corrected chi connectivity index (χ2v) is 8.63. The summed E-state index contributed by atoms with van der Waals surface area (Å²) in [5, 5.41) is 10.5. The first-order chi connectivity index (χ1) is 16.5. The van der Waals surface area contributed by atoms with E-state index in [1.807, 2.05) is 0 Å². The lowest BCUT2D eigenvalue weighted by molar-refractivity contribution is -0.137. The summed E-state index contributed by atoms with van der Waals surface area (Å²) in [5.74, 6) is -0.355. The third-order valence-corrected chi connectivity index (χ3v) is 5.72. The van der Waals surface area contributed by atoms with E-state index in [2.05, 4.69) is 10.2 Å². The van der Waals surface area contributed by atoms with Gasteiger partial charge in [0.25, 0.3) is 0 Å². The Morgan fingerprint density at radius 2 is 1.83 bits per heavy atom. The molecule has 0 N–H and O–H groups in total. The number of rotatable bonds is 3. The van der Waals surface area contributed by atoms with Crippen LogP contribution in [-0.2, 0) is 11.0 Å². The highest BCUT2D eigenvalue weighted by Gasteiger charge is 2.32. The molecule has 0 spiro atoms. The summed E-state index contributed by atoms with van der Waals surface area (Å²) < 4.78 is 51.2. The van der Waals surface area contributed by atoms with Crippen LogP contribution in [-0.4, -0.2) is 33.0 Å². The smallest absolute Gasteiger partial charge is 0.273 e. The third-order valence-electron chi connectivity index (χ3n) is 5.21. The van der Waals surface area contributed by atoms with E-state index < -0.39 is 11.7 Å². The van der Waals surface area contributed by atoms with E-state index in [1.165, 1.54) is 29.3 Å². The molecule has 1 aliphatic heterocycles. The van der Waals surface area contributed by atoms with E-state index in [9.17, 15) is 22.4 Å². The number of benzene rings is 2. The number of amides is 1. The zero-order valence-corrected chi connectivity index (χ0v) is 20.4. The van der Waals surface area contributed by atoms with Crippen molar-refractivity contribution in [3.05, 3.63) is 87.4 Å². The monoisotopic (exact) mass is 528 g/mol. The SMILES string of the molecule is CCC(=O)N1CCC(n2cc(Cl)cn2)C(c2ccc(F)cc2)=N1.Cc1ccc(C(F)(F)F)c(Cl)c1. The van der Waals surface area contributed by atoms with Crippen molar-refractivity contribution in [3.8, 4) is 0 Å². The van der Waals surface area contributed by atoms with Crippen LogP contribution in [0.2, 0.25) is 10.0 Å². The second kappa shape index (κ2) is 11.2. The molecule has 0 fully saturated rings. The van der Waals surface area contributed by atoms with Crippen molar-refractivity contribution in [3.63, 3.8) is 0 Å². The van der Waals surface area contributed by atoms with Crippen LogP contribution < -0.4 is 0 Å². The van der Waals surface area contributed by atoms with Gasteiger partial charge < -0.3 is 0 Å². The van der Waals surface area contributed by atoms with Gasteiger partial charge in [-0.1, -0.05) is 48.3 Å². The fraction of sp³-hybridized carbons (Fsp3) is 0.292. The van der Waals surface area contributed by atoms with Crippen molar-refractivity contribution in [1.29, 1.82) is 0 Å². The van der Waals surface area contributed by atoms with Crippen LogP contribution in [0.1, 0.15) is 42.5 Å². The largest absolute Gasteiger partial charge is 0.417 e. The highest BCUT2D eigenvalue weighted by molar-refractivity contribution is 6.31. The fourth-order valence-corrected chi connectivity index (χ4v) is 3.94. The summed E-state index contributed by atoms with van der Waals surface area (Å²) in [6, 6.07) is 9.60. The molecule has 1 aromatic heterocycles. The van der Waals surface area contributed by atoms with Crippen molar-refractivity contribution in [2.24, 2.45) is 5.10 Å². The molecule has 1 atom stereocenters. The predicted molar refractivity (Wildman–Crippen MR) is 127 cm³/mol. The van der Waals surface area contributed by atoms with E-state index in [-0.39, 0.29) is 22.8 Å². The molecule has 186 valence electrons. The number of carbonyl (C=O) groups excluding carboxylic acids is 1. The van der Waals surface area contributed by atoms with Crippen LogP contribution in [0.5, 0.6) is 0 Å². The van der Waals surface area contributed by atoms with Gasteiger partial charge in [-0.05, 0) is 43.2 Å². The molecule has 0 radical (unpaired) electrons. The van der Waals surface area contributed by atoms with E-state index >= 15 is 0 Å². The molecular formula is C24H22Cl2F4N4O. The first-order valence-corrected chi connectivity index (χ1v) is 11.4. The lowest BCUT2D eigenvalue weighted by Gasteiger charge is -2.30. The molecule has 0 aliphatic carbocycles. The average molecular weight is 529 g/mol. The Morgan fingerprint density at radius 1 is 1.14 bits per heavy atom. The van der Waals surface area contributed by atoms with Crippen molar-refractivity contribution >= 4 is 34.8 Å². The maximum absolute atomic E-state index is 13.2. The minimum atomic E-state index is -4.36. The van der Waals surface area contributed by atoms with E-state index in [4.69, 9.17) is 23.2 Å². The minimum Gasteiger partial charge on any atom is -0.273 e. The zero-order chi connectivity index (χ0) is 25.8. The van der Waals surface area contributed by atoms with Gasteiger partial charge in [-0.25, -0.2) is 9.40 Å². The molecule has 3 aromatic rings. The van der Waals surface area contributed by atoms with Gasteiger partial charge in [0, 0.05) is 24.7 Å². The minimum absolute atomic E-state index is 0.0402. The van der Waals surface area contributed by atoms with Gasteiger partial charge in [0.05, 0.1) is 33.6 Å². The highest BCUT2D eigenvalue weighted by atomic mass is 35.5. The van der Waals surface area contributed by atoms with E-state index in [0.717, 1.165) is 11.6 Å². The van der Waals surface area contributed by atoms with Crippen LogP contribution in [0.25, 0.3) is 0 Å². The molecule has 35 heavy (non-hydrogen) atoms. The van der Waals surface area contributed by atoms with Gasteiger partial charge in [-0.3, -0.25) is 9.48 Å². The topological polar surface area (TPSA) is 50.5 Å². The Balaban J connectivity index is 0.000000241. The summed E-state index contributed by atoms with van der Waals surface area (Å²) in [6.45, 7) is 4.00. The fourth-order valence-electron chi connectivity index (χ4n) is 3.45. The molecule has 2 aromatic carbocycles. The average Bonchev–Trinajstić information content (AvgIpc) is 3.24. The molecule has 2 heterocycles. The Hall–Kier alpha value is -2.91. The van der Waals surface area contributed by atoms with Crippen molar-refractivity contribution in [1.82, 2.24) is 14.8 Å². The van der Waals surface area contributed by atoms with Crippen LogP contribution in [0.4, 0.5) is 17.6 Å². The Bertz CT molecular complexity index is 1210. The molecule has 1 amide bonds. The first kappa shape index (κ1) is 26.7. The maximum atomic E-state index is 13.2. The summed E-state index contributed by atoms with van der Waals surface area (Å²) in [4.78, 5) is 12.0. The van der Waals surface area contributed by atoms with Crippen LogP contribution in [0.15, 0.2) is 60.0 Å². The molecule has 0 saturated carbocycles. The van der Waals surface area contributed by atoms with Gasteiger partial charge in [0.1, 0.15) is 5.82 Å². The van der Waals surface area contributed by atoms with Crippen molar-refractivity contribution in [2.45, 2.75) is 38.9 Å². The number of halogens is 6. The Morgan fingerprint density at radius 3 is 2.37 bits per heavy atom. The number of alkyl halides is 3. The summed E-state index contributed by atoms with van der Waals surface area (Å²) in [5.41, 5.74) is 1.37. The first-order valence-electron chi connectivity index (χ1n) is 10.7. The summed E-state index contributed by atoms with van der Waals surface area (Å²) >= 11 is 11.4. The van der Waals surface area contributed by atoms with E-state index in [0.29, 0.717) is 35.7 Å². The van der Waals surface area contributed by atoms with E-state index in [1.54, 1.807) is 43.1 Å². The van der Waals surface area contributed by atoms with Crippen LogP contribution >= 0.6 is 23.2 Å². The Kier molecular flexibility index (Phi) is 8.56. The van der Waals surface area contributed by atoms with Gasteiger partial charge in [-0.15, -0.1) is 0 Å². The number of nitrogens with zero attached hydrogens (tertiary/aromatic N) is 4. The summed E-state index contributed by atoms with van der Waals surface area (Å²) in [6.07, 6.45) is -0.0147. The van der Waals surface area contributed by atoms with Crippen molar-refractivity contribution in [2.75, 3.05) is 6.54 Å². The molecule has 0 bridgehead atoms. The Labute approximate surface area is 209 Å². The number of aryl methyl sites for hydroxylation is 1. The maximum Gasteiger partial charge on any atom is 0.417 e.